The third-order valence-corrected chi connectivity index (χ3v) is 4.45. The van der Waals surface area contributed by atoms with Gasteiger partial charge in [-0.15, -0.1) is 0 Å². The van der Waals surface area contributed by atoms with Crippen molar-refractivity contribution < 1.29 is 18.7 Å². The van der Waals surface area contributed by atoms with Crippen LogP contribution in [-0.4, -0.2) is 22.9 Å². The predicted molar refractivity (Wildman–Crippen MR) is 103 cm³/mol. The van der Waals surface area contributed by atoms with Crippen molar-refractivity contribution in [2.45, 2.75) is 26.7 Å². The van der Waals surface area contributed by atoms with Gasteiger partial charge in [0.15, 0.2) is 12.4 Å². The summed E-state index contributed by atoms with van der Waals surface area (Å²) in [5.41, 5.74) is 1.70. The van der Waals surface area contributed by atoms with E-state index in [0.29, 0.717) is 11.5 Å². The van der Waals surface area contributed by atoms with Gasteiger partial charge in [-0.25, -0.2) is 4.79 Å². The number of nitriles is 1. The molecule has 0 aliphatic heterocycles. The Morgan fingerprint density at radius 2 is 1.82 bits per heavy atom. The van der Waals surface area contributed by atoms with Gasteiger partial charge in [-0.2, -0.15) is 5.26 Å². The van der Waals surface area contributed by atoms with Crippen LogP contribution in [-0.2, 0) is 4.74 Å². The smallest absolute Gasteiger partial charge is 0.343 e. The summed E-state index contributed by atoms with van der Waals surface area (Å²) in [7, 11) is 0. The van der Waals surface area contributed by atoms with Crippen LogP contribution in [0.2, 0.25) is 0 Å². The highest BCUT2D eigenvalue weighted by molar-refractivity contribution is 6.00. The number of hydrogen-bond acceptors (Lipinski definition) is 5. The molecule has 0 N–H and O–H groups in total. The van der Waals surface area contributed by atoms with Crippen LogP contribution in [0.25, 0.3) is 5.88 Å². The van der Waals surface area contributed by atoms with Gasteiger partial charge in [-0.05, 0) is 30.5 Å². The van der Waals surface area contributed by atoms with Crippen LogP contribution >= 0.6 is 0 Å². The van der Waals surface area contributed by atoms with E-state index >= 15 is 0 Å². The molecule has 0 radical (unpaired) electrons. The summed E-state index contributed by atoms with van der Waals surface area (Å²) in [6, 6.07) is 12.8. The molecule has 0 saturated heterocycles. The normalized spacial score (nSPS) is 10.7. The van der Waals surface area contributed by atoms with E-state index in [4.69, 9.17) is 9.15 Å². The lowest BCUT2D eigenvalue weighted by Gasteiger charge is -2.07. The molecule has 28 heavy (non-hydrogen) atoms. The standard InChI is InChI=1S/C22H20N2O4/c1-14(2)16-6-8-17(9-7-16)19(25)13-27-22(26)20-15(3)28-21(18(20)12-23)24-10-4-5-11-24/h4-11,14H,13H2,1-3H3. The lowest BCUT2D eigenvalue weighted by atomic mass is 10.0. The average Bonchev–Trinajstić information content (AvgIpc) is 3.33. The second-order valence-corrected chi connectivity index (χ2v) is 6.69. The number of ketones is 1. The fourth-order valence-electron chi connectivity index (χ4n) is 2.87. The van der Waals surface area contributed by atoms with Crippen molar-refractivity contribution in [2.24, 2.45) is 0 Å². The fraction of sp³-hybridized carbons (Fsp3) is 0.227. The second kappa shape index (κ2) is 7.97. The number of nitrogens with zero attached hydrogens (tertiary/aromatic N) is 2. The lowest BCUT2D eigenvalue weighted by Crippen LogP contribution is -2.15. The maximum absolute atomic E-state index is 12.5. The SMILES string of the molecule is Cc1oc(-n2cccc2)c(C#N)c1C(=O)OCC(=O)c1ccc(C(C)C)cc1. The highest BCUT2D eigenvalue weighted by Gasteiger charge is 2.26. The number of carbonyl (C=O) groups is 2. The molecule has 3 aromatic rings. The van der Waals surface area contributed by atoms with E-state index in [1.807, 2.05) is 18.2 Å². The maximum Gasteiger partial charge on any atom is 0.343 e. The Hall–Kier alpha value is -3.59. The Balaban J connectivity index is 1.75. The minimum Gasteiger partial charge on any atom is -0.454 e. The number of aryl methyl sites for hydroxylation is 1. The van der Waals surface area contributed by atoms with Crippen molar-refractivity contribution in [1.82, 2.24) is 4.57 Å². The molecular formula is C22H20N2O4. The molecule has 0 fully saturated rings. The molecule has 6 nitrogen and oxygen atoms in total. The predicted octanol–water partition coefficient (Wildman–Crippen LogP) is 4.41. The highest BCUT2D eigenvalue weighted by Crippen LogP contribution is 2.26. The van der Waals surface area contributed by atoms with Gasteiger partial charge in [-0.1, -0.05) is 38.1 Å². The van der Waals surface area contributed by atoms with Crippen LogP contribution in [0.3, 0.4) is 0 Å². The summed E-state index contributed by atoms with van der Waals surface area (Å²) >= 11 is 0. The lowest BCUT2D eigenvalue weighted by molar-refractivity contribution is 0.0472. The van der Waals surface area contributed by atoms with Crippen molar-refractivity contribution in [3.05, 3.63) is 76.8 Å². The molecule has 142 valence electrons. The maximum atomic E-state index is 12.5. The van der Waals surface area contributed by atoms with Gasteiger partial charge in [-0.3, -0.25) is 9.36 Å². The Morgan fingerprint density at radius 1 is 1.18 bits per heavy atom. The average molecular weight is 376 g/mol. The molecule has 0 amide bonds. The number of Topliss-reactive ketones (excluding diaryl/α,β-unsaturated/α-hetero) is 1. The van der Waals surface area contributed by atoms with Crippen LogP contribution in [0.15, 0.2) is 53.2 Å². The minimum atomic E-state index is -0.761. The monoisotopic (exact) mass is 376 g/mol. The zero-order chi connectivity index (χ0) is 20.3. The van der Waals surface area contributed by atoms with E-state index < -0.39 is 12.6 Å². The summed E-state index contributed by atoms with van der Waals surface area (Å²) in [6.07, 6.45) is 3.41. The van der Waals surface area contributed by atoms with Crippen molar-refractivity contribution in [3.8, 4) is 12.0 Å². The molecule has 2 aromatic heterocycles. The molecule has 0 unspecified atom stereocenters. The zero-order valence-corrected chi connectivity index (χ0v) is 15.9. The molecule has 6 heteroatoms. The Bertz CT molecular complexity index is 1040. The molecule has 0 bridgehead atoms. The van der Waals surface area contributed by atoms with Crippen molar-refractivity contribution >= 4 is 11.8 Å². The quantitative estimate of drug-likeness (QED) is 0.470. The summed E-state index contributed by atoms with van der Waals surface area (Å²) in [6.45, 7) is 5.31. The molecule has 3 rings (SSSR count). The molecule has 2 heterocycles. The Kier molecular flexibility index (Phi) is 5.46. The first kappa shape index (κ1) is 19.2. The number of furan rings is 1. The molecule has 0 spiro atoms. The van der Waals surface area contributed by atoms with Gasteiger partial charge < -0.3 is 9.15 Å². The van der Waals surface area contributed by atoms with Gasteiger partial charge in [0.2, 0.25) is 5.88 Å². The number of aromatic nitrogens is 1. The van der Waals surface area contributed by atoms with Gasteiger partial charge in [0.05, 0.1) is 0 Å². The van der Waals surface area contributed by atoms with E-state index in [0.717, 1.165) is 5.56 Å². The van der Waals surface area contributed by atoms with E-state index in [2.05, 4.69) is 13.8 Å². The molecular weight excluding hydrogens is 356 g/mol. The van der Waals surface area contributed by atoms with Crippen LogP contribution in [0.4, 0.5) is 0 Å². The summed E-state index contributed by atoms with van der Waals surface area (Å²) < 4.78 is 12.4. The molecule has 1 aromatic carbocycles. The number of esters is 1. The van der Waals surface area contributed by atoms with Crippen molar-refractivity contribution in [2.75, 3.05) is 6.61 Å². The zero-order valence-electron chi connectivity index (χ0n) is 15.9. The summed E-state index contributed by atoms with van der Waals surface area (Å²) in [4.78, 5) is 24.8. The van der Waals surface area contributed by atoms with Gasteiger partial charge in [0.25, 0.3) is 0 Å². The summed E-state index contributed by atoms with van der Waals surface area (Å²) in [5, 5.41) is 9.49. The molecule has 0 saturated carbocycles. The van der Waals surface area contributed by atoms with Crippen molar-refractivity contribution in [3.63, 3.8) is 0 Å². The van der Waals surface area contributed by atoms with Gasteiger partial charge in [0, 0.05) is 18.0 Å². The first-order valence-corrected chi connectivity index (χ1v) is 8.89. The van der Waals surface area contributed by atoms with Crippen LogP contribution in [0, 0.1) is 18.3 Å². The van der Waals surface area contributed by atoms with E-state index in [-0.39, 0.29) is 28.6 Å². The largest absolute Gasteiger partial charge is 0.454 e. The number of rotatable bonds is 6. The van der Waals surface area contributed by atoms with E-state index in [1.54, 1.807) is 48.1 Å². The van der Waals surface area contributed by atoms with Crippen LogP contribution < -0.4 is 0 Å². The third kappa shape index (κ3) is 3.74. The third-order valence-electron chi connectivity index (χ3n) is 4.45. The topological polar surface area (TPSA) is 85.2 Å². The first-order valence-electron chi connectivity index (χ1n) is 8.89. The van der Waals surface area contributed by atoms with Crippen LogP contribution in [0.1, 0.15) is 57.4 Å². The fourth-order valence-corrected chi connectivity index (χ4v) is 2.87. The Labute approximate surface area is 163 Å². The Morgan fingerprint density at radius 3 is 2.39 bits per heavy atom. The van der Waals surface area contributed by atoms with Crippen molar-refractivity contribution in [1.29, 1.82) is 5.26 Å². The van der Waals surface area contributed by atoms with E-state index in [1.165, 1.54) is 0 Å². The molecule has 0 atom stereocenters. The molecule has 0 aliphatic carbocycles. The van der Waals surface area contributed by atoms with Gasteiger partial charge in [0.1, 0.15) is 23.0 Å². The summed E-state index contributed by atoms with van der Waals surface area (Å²) in [5.74, 6) is -0.200. The number of hydrogen-bond donors (Lipinski definition) is 0. The highest BCUT2D eigenvalue weighted by atomic mass is 16.5. The number of benzene rings is 1. The number of carbonyl (C=O) groups excluding carboxylic acids is 2. The second-order valence-electron chi connectivity index (χ2n) is 6.69. The first-order chi connectivity index (χ1) is 13.4. The van der Waals surface area contributed by atoms with E-state index in [9.17, 15) is 14.9 Å². The number of ether oxygens (including phenoxy) is 1. The molecule has 0 aliphatic rings. The van der Waals surface area contributed by atoms with Crippen LogP contribution in [0.5, 0.6) is 0 Å². The van der Waals surface area contributed by atoms with Gasteiger partial charge >= 0.3 is 5.97 Å². The minimum absolute atomic E-state index is 0.0363.